The molecule has 0 amide bonds. The summed E-state index contributed by atoms with van der Waals surface area (Å²) in [5.41, 5.74) is 7.23. The monoisotopic (exact) mass is 371 g/mol. The summed E-state index contributed by atoms with van der Waals surface area (Å²) in [6, 6.07) is 8.29. The summed E-state index contributed by atoms with van der Waals surface area (Å²) in [4.78, 5) is 4.48. The lowest BCUT2D eigenvalue weighted by Crippen LogP contribution is -2.34. The van der Waals surface area contributed by atoms with Gasteiger partial charge >= 0.3 is 0 Å². The molecule has 1 saturated carbocycles. The average Bonchev–Trinajstić information content (AvgIpc) is 3.08. The lowest BCUT2D eigenvalue weighted by molar-refractivity contribution is 0.348. The maximum absolute atomic E-state index is 6.33. The van der Waals surface area contributed by atoms with Crippen LogP contribution < -0.4 is 5.73 Å². The van der Waals surface area contributed by atoms with Gasteiger partial charge < -0.3 is 10.3 Å². The van der Waals surface area contributed by atoms with Crippen LogP contribution in [0.4, 0.5) is 0 Å². The van der Waals surface area contributed by atoms with Crippen LogP contribution in [0.5, 0.6) is 0 Å². The summed E-state index contributed by atoms with van der Waals surface area (Å²) in [6.45, 7) is 0. The minimum atomic E-state index is -0.362. The standard InChI is InChI=1S/C15H18BrN3O.ClH/c16-12-6-3-11(4-7-12)5-8-13-18-14(19-20-13)15(17)9-1-2-10-15;/h3-4,6-7H,1-2,5,8-10,17H2;1H. The van der Waals surface area contributed by atoms with Crippen LogP contribution in [0.15, 0.2) is 33.3 Å². The van der Waals surface area contributed by atoms with E-state index in [0.717, 1.165) is 43.0 Å². The highest BCUT2D eigenvalue weighted by molar-refractivity contribution is 9.10. The molecule has 3 rings (SSSR count). The van der Waals surface area contributed by atoms with Crippen LogP contribution in [0.25, 0.3) is 0 Å². The first-order valence-electron chi connectivity index (χ1n) is 7.02. The van der Waals surface area contributed by atoms with Crippen molar-refractivity contribution in [2.24, 2.45) is 5.73 Å². The Balaban J connectivity index is 0.00000161. The van der Waals surface area contributed by atoms with Crippen LogP contribution in [-0.4, -0.2) is 10.1 Å². The Bertz CT molecular complexity index is 579. The van der Waals surface area contributed by atoms with Gasteiger partial charge in [0.2, 0.25) is 5.89 Å². The molecule has 0 atom stereocenters. The molecule has 1 aromatic heterocycles. The van der Waals surface area contributed by atoms with Gasteiger partial charge in [0, 0.05) is 10.9 Å². The molecular weight excluding hydrogens is 354 g/mol. The zero-order valence-electron chi connectivity index (χ0n) is 11.7. The van der Waals surface area contributed by atoms with E-state index in [1.165, 1.54) is 5.56 Å². The molecule has 0 aliphatic heterocycles. The normalized spacial score (nSPS) is 16.7. The SMILES string of the molecule is Cl.NC1(c2noc(CCc3ccc(Br)cc3)n2)CCCC1. The molecule has 1 aromatic carbocycles. The Morgan fingerprint density at radius 2 is 1.81 bits per heavy atom. The van der Waals surface area contributed by atoms with E-state index in [0.29, 0.717) is 11.7 Å². The van der Waals surface area contributed by atoms with Gasteiger partial charge in [0.15, 0.2) is 5.82 Å². The average molecular weight is 373 g/mol. The predicted octanol–water partition coefficient (Wildman–Crippen LogP) is 3.77. The molecule has 0 bridgehead atoms. The van der Waals surface area contributed by atoms with Gasteiger partial charge in [-0.15, -0.1) is 12.4 Å². The fraction of sp³-hybridized carbons (Fsp3) is 0.467. The number of rotatable bonds is 4. The van der Waals surface area contributed by atoms with Crippen molar-refractivity contribution >= 4 is 28.3 Å². The summed E-state index contributed by atoms with van der Waals surface area (Å²) >= 11 is 3.43. The van der Waals surface area contributed by atoms with Crippen LogP contribution in [0.3, 0.4) is 0 Å². The van der Waals surface area contributed by atoms with Crippen LogP contribution in [0, 0.1) is 0 Å². The van der Waals surface area contributed by atoms with Gasteiger partial charge in [-0.25, -0.2) is 0 Å². The van der Waals surface area contributed by atoms with Gasteiger partial charge in [-0.1, -0.05) is 46.1 Å². The van der Waals surface area contributed by atoms with E-state index in [1.807, 2.05) is 12.1 Å². The molecule has 0 radical (unpaired) electrons. The largest absolute Gasteiger partial charge is 0.339 e. The first-order chi connectivity index (χ1) is 9.66. The molecule has 1 aliphatic rings. The van der Waals surface area contributed by atoms with E-state index in [1.54, 1.807) is 0 Å². The highest BCUT2D eigenvalue weighted by Crippen LogP contribution is 2.34. The smallest absolute Gasteiger partial charge is 0.227 e. The Morgan fingerprint density at radius 1 is 1.14 bits per heavy atom. The van der Waals surface area contributed by atoms with Gasteiger partial charge in [-0.05, 0) is 37.0 Å². The Labute approximate surface area is 139 Å². The number of aryl methyl sites for hydroxylation is 2. The molecule has 6 heteroatoms. The van der Waals surface area contributed by atoms with Crippen molar-refractivity contribution in [2.75, 3.05) is 0 Å². The van der Waals surface area contributed by atoms with Crippen LogP contribution >= 0.6 is 28.3 Å². The van der Waals surface area contributed by atoms with Crippen molar-refractivity contribution in [1.29, 1.82) is 0 Å². The summed E-state index contributed by atoms with van der Waals surface area (Å²) in [5.74, 6) is 1.36. The third-order valence-corrected chi connectivity index (χ3v) is 4.48. The van der Waals surface area contributed by atoms with Crippen molar-refractivity contribution in [3.8, 4) is 0 Å². The van der Waals surface area contributed by atoms with Gasteiger partial charge in [0.25, 0.3) is 0 Å². The molecule has 0 unspecified atom stereocenters. The molecule has 1 fully saturated rings. The van der Waals surface area contributed by atoms with Crippen molar-refractivity contribution in [1.82, 2.24) is 10.1 Å². The maximum atomic E-state index is 6.33. The Morgan fingerprint density at radius 3 is 2.48 bits per heavy atom. The molecular formula is C15H19BrClN3O. The molecule has 0 spiro atoms. The third-order valence-electron chi connectivity index (χ3n) is 3.95. The van der Waals surface area contributed by atoms with E-state index < -0.39 is 0 Å². The summed E-state index contributed by atoms with van der Waals surface area (Å²) in [7, 11) is 0. The lowest BCUT2D eigenvalue weighted by atomic mass is 9.99. The van der Waals surface area contributed by atoms with Crippen molar-refractivity contribution in [3.05, 3.63) is 46.0 Å². The zero-order chi connectivity index (χ0) is 14.0. The zero-order valence-corrected chi connectivity index (χ0v) is 14.1. The molecule has 2 aromatic rings. The second-order valence-electron chi connectivity index (χ2n) is 5.50. The van der Waals surface area contributed by atoms with Gasteiger partial charge in [0.05, 0.1) is 5.54 Å². The molecule has 21 heavy (non-hydrogen) atoms. The van der Waals surface area contributed by atoms with Gasteiger partial charge in [-0.2, -0.15) is 4.98 Å². The van der Waals surface area contributed by atoms with E-state index in [9.17, 15) is 0 Å². The summed E-state index contributed by atoms with van der Waals surface area (Å²) in [6.07, 6.45) is 5.87. The molecule has 0 saturated heterocycles. The topological polar surface area (TPSA) is 64.9 Å². The van der Waals surface area contributed by atoms with E-state index in [-0.39, 0.29) is 17.9 Å². The van der Waals surface area contributed by atoms with E-state index in [2.05, 4.69) is 38.2 Å². The Kier molecular flexibility index (Phi) is 5.41. The first kappa shape index (κ1) is 16.5. The molecule has 114 valence electrons. The summed E-state index contributed by atoms with van der Waals surface area (Å²) < 4.78 is 6.43. The van der Waals surface area contributed by atoms with Crippen LogP contribution in [0.1, 0.15) is 43.0 Å². The molecule has 4 nitrogen and oxygen atoms in total. The molecule has 2 N–H and O–H groups in total. The number of aromatic nitrogens is 2. The van der Waals surface area contributed by atoms with Gasteiger partial charge in [0.1, 0.15) is 0 Å². The minimum absolute atomic E-state index is 0. The molecule has 1 heterocycles. The van der Waals surface area contributed by atoms with Crippen molar-refractivity contribution < 1.29 is 4.52 Å². The number of hydrogen-bond acceptors (Lipinski definition) is 4. The summed E-state index contributed by atoms with van der Waals surface area (Å²) in [5, 5.41) is 4.08. The first-order valence-corrected chi connectivity index (χ1v) is 7.81. The second-order valence-corrected chi connectivity index (χ2v) is 6.42. The maximum Gasteiger partial charge on any atom is 0.227 e. The number of nitrogens with two attached hydrogens (primary N) is 1. The Hall–Kier alpha value is -0.910. The second kappa shape index (κ2) is 6.90. The van der Waals surface area contributed by atoms with Crippen LogP contribution in [0.2, 0.25) is 0 Å². The van der Waals surface area contributed by atoms with E-state index >= 15 is 0 Å². The van der Waals surface area contributed by atoms with Crippen molar-refractivity contribution in [3.63, 3.8) is 0 Å². The molecule has 1 aliphatic carbocycles. The fourth-order valence-electron chi connectivity index (χ4n) is 2.69. The van der Waals surface area contributed by atoms with Crippen LogP contribution in [-0.2, 0) is 18.4 Å². The minimum Gasteiger partial charge on any atom is -0.339 e. The number of benzene rings is 1. The number of hydrogen-bond donors (Lipinski definition) is 1. The van der Waals surface area contributed by atoms with E-state index in [4.69, 9.17) is 10.3 Å². The third kappa shape index (κ3) is 3.84. The predicted molar refractivity (Wildman–Crippen MR) is 87.4 cm³/mol. The quantitative estimate of drug-likeness (QED) is 0.887. The highest BCUT2D eigenvalue weighted by Gasteiger charge is 2.35. The number of halogens is 2. The number of nitrogens with zero attached hydrogens (tertiary/aromatic N) is 2. The van der Waals surface area contributed by atoms with Crippen molar-refractivity contribution in [2.45, 2.75) is 44.1 Å². The van der Waals surface area contributed by atoms with Gasteiger partial charge in [-0.3, -0.25) is 0 Å². The highest BCUT2D eigenvalue weighted by atomic mass is 79.9. The fourth-order valence-corrected chi connectivity index (χ4v) is 2.95. The lowest BCUT2D eigenvalue weighted by Gasteiger charge is -2.17.